The molecule has 1 fully saturated rings. The third kappa shape index (κ3) is 6.45. The molecule has 0 bridgehead atoms. The van der Waals surface area contributed by atoms with E-state index in [0.29, 0.717) is 32.5 Å². The first-order valence-electron chi connectivity index (χ1n) is 12.5. The molecule has 3 aromatic carbocycles. The maximum absolute atomic E-state index is 13.8. The first-order chi connectivity index (χ1) is 18.6. The molecule has 0 radical (unpaired) electrons. The van der Waals surface area contributed by atoms with Crippen molar-refractivity contribution in [2.75, 3.05) is 29.5 Å². The van der Waals surface area contributed by atoms with E-state index >= 15 is 0 Å². The Labute approximate surface area is 226 Å². The Bertz CT molecular complexity index is 1680. The summed E-state index contributed by atoms with van der Waals surface area (Å²) in [4.78, 5) is 6.78. The first kappa shape index (κ1) is 27.2. The SMILES string of the molecule is O=S(=O)(CCS(=O)(=O)c1ccc(F)cc1)NC1CCN(c2nc3ccccc3n2Cc2cccc(F)c2)CC1. The van der Waals surface area contributed by atoms with Crippen LogP contribution in [0.2, 0.25) is 0 Å². The van der Waals surface area contributed by atoms with Gasteiger partial charge in [0.05, 0.1) is 34.0 Å². The molecule has 12 heteroatoms. The number of hydrogen-bond acceptors (Lipinski definition) is 6. The Morgan fingerprint density at radius 3 is 2.28 bits per heavy atom. The van der Waals surface area contributed by atoms with E-state index < -0.39 is 37.2 Å². The number of anilines is 1. The summed E-state index contributed by atoms with van der Waals surface area (Å²) in [5.74, 6) is -1.34. The number of imidazole rings is 1. The maximum Gasteiger partial charge on any atom is 0.212 e. The van der Waals surface area contributed by atoms with Gasteiger partial charge in [-0.05, 0) is 66.9 Å². The number of rotatable bonds is 9. The zero-order chi connectivity index (χ0) is 27.6. The zero-order valence-corrected chi connectivity index (χ0v) is 22.6. The Morgan fingerprint density at radius 1 is 0.846 bits per heavy atom. The van der Waals surface area contributed by atoms with Crippen molar-refractivity contribution in [2.24, 2.45) is 0 Å². The molecule has 8 nitrogen and oxygen atoms in total. The highest BCUT2D eigenvalue weighted by atomic mass is 32.2. The quantitative estimate of drug-likeness (QED) is 0.306. The number of nitrogens with one attached hydrogen (secondary N) is 1. The summed E-state index contributed by atoms with van der Waals surface area (Å²) in [5.41, 5.74) is 2.54. The maximum atomic E-state index is 13.8. The van der Waals surface area contributed by atoms with E-state index in [9.17, 15) is 25.6 Å². The van der Waals surface area contributed by atoms with Crippen molar-refractivity contribution in [3.63, 3.8) is 0 Å². The van der Waals surface area contributed by atoms with Crippen molar-refractivity contribution in [3.05, 3.63) is 90.0 Å². The Kier molecular flexibility index (Phi) is 7.70. The van der Waals surface area contributed by atoms with Gasteiger partial charge in [0.15, 0.2) is 9.84 Å². The molecular weight excluding hydrogens is 546 g/mol. The highest BCUT2D eigenvalue weighted by Gasteiger charge is 2.28. The summed E-state index contributed by atoms with van der Waals surface area (Å²) in [5, 5.41) is 0. The second-order valence-electron chi connectivity index (χ2n) is 9.59. The lowest BCUT2D eigenvalue weighted by Crippen LogP contribution is -2.46. The van der Waals surface area contributed by atoms with Gasteiger partial charge in [-0.3, -0.25) is 0 Å². The van der Waals surface area contributed by atoms with Crippen LogP contribution in [0.25, 0.3) is 11.0 Å². The van der Waals surface area contributed by atoms with Gasteiger partial charge in [-0.15, -0.1) is 0 Å². The van der Waals surface area contributed by atoms with Crippen molar-refractivity contribution in [1.82, 2.24) is 14.3 Å². The normalized spacial score (nSPS) is 15.2. The molecule has 4 aromatic rings. The molecule has 0 spiro atoms. The van der Waals surface area contributed by atoms with Gasteiger partial charge in [-0.1, -0.05) is 24.3 Å². The van der Waals surface area contributed by atoms with Gasteiger partial charge < -0.3 is 9.47 Å². The molecule has 0 amide bonds. The van der Waals surface area contributed by atoms with Crippen molar-refractivity contribution in [1.29, 1.82) is 0 Å². The topological polar surface area (TPSA) is 101 Å². The fourth-order valence-corrected chi connectivity index (χ4v) is 8.17. The van der Waals surface area contributed by atoms with Crippen molar-refractivity contribution >= 4 is 36.8 Å². The van der Waals surface area contributed by atoms with E-state index in [1.165, 1.54) is 12.1 Å². The number of hydrogen-bond donors (Lipinski definition) is 1. The molecule has 1 saturated heterocycles. The van der Waals surface area contributed by atoms with Crippen LogP contribution in [0, 0.1) is 11.6 Å². The van der Waals surface area contributed by atoms with Crippen molar-refractivity contribution < 1.29 is 25.6 Å². The van der Waals surface area contributed by atoms with E-state index in [4.69, 9.17) is 4.98 Å². The third-order valence-corrected chi connectivity index (χ3v) is 10.2. The molecule has 39 heavy (non-hydrogen) atoms. The van der Waals surface area contributed by atoms with Crippen molar-refractivity contribution in [2.45, 2.75) is 30.3 Å². The molecule has 0 aliphatic carbocycles. The summed E-state index contributed by atoms with van der Waals surface area (Å²) < 4.78 is 82.0. The first-order valence-corrected chi connectivity index (χ1v) is 15.8. The minimum Gasteiger partial charge on any atom is -0.342 e. The number of halogens is 2. The summed E-state index contributed by atoms with van der Waals surface area (Å²) >= 11 is 0. The number of sulfone groups is 1. The van der Waals surface area contributed by atoms with Crippen LogP contribution in [0.5, 0.6) is 0 Å². The second kappa shape index (κ2) is 11.0. The van der Waals surface area contributed by atoms with Gasteiger partial charge in [0.1, 0.15) is 11.6 Å². The highest BCUT2D eigenvalue weighted by molar-refractivity contribution is 7.94. The van der Waals surface area contributed by atoms with Crippen LogP contribution in [-0.2, 0) is 26.4 Å². The lowest BCUT2D eigenvalue weighted by Gasteiger charge is -2.33. The smallest absolute Gasteiger partial charge is 0.212 e. The van der Waals surface area contributed by atoms with Gasteiger partial charge in [0.2, 0.25) is 16.0 Å². The molecule has 0 atom stereocenters. The van der Waals surface area contributed by atoms with Crippen LogP contribution >= 0.6 is 0 Å². The largest absolute Gasteiger partial charge is 0.342 e. The fourth-order valence-electron chi connectivity index (χ4n) is 4.77. The average molecular weight is 575 g/mol. The van der Waals surface area contributed by atoms with E-state index in [0.717, 1.165) is 46.8 Å². The monoisotopic (exact) mass is 574 g/mol. The standard InChI is InChI=1S/C27H28F2N4O4S2/c28-21-8-10-24(11-9-21)38(34,35)16-17-39(36,37)31-23-12-14-32(15-13-23)27-30-25-6-1-2-7-26(25)33(27)19-20-4-3-5-22(29)18-20/h1-11,18,23,31H,12-17,19H2. The third-order valence-electron chi connectivity index (χ3n) is 6.78. The minimum atomic E-state index is -3.87. The van der Waals surface area contributed by atoms with Crippen LogP contribution < -0.4 is 9.62 Å². The van der Waals surface area contributed by atoms with Gasteiger partial charge >= 0.3 is 0 Å². The molecular formula is C27H28F2N4O4S2. The number of benzene rings is 3. The molecule has 0 saturated carbocycles. The van der Waals surface area contributed by atoms with Crippen molar-refractivity contribution in [3.8, 4) is 0 Å². The van der Waals surface area contributed by atoms with Crippen LogP contribution in [0.4, 0.5) is 14.7 Å². The number of nitrogens with zero attached hydrogens (tertiary/aromatic N) is 3. The lowest BCUT2D eigenvalue weighted by atomic mass is 10.1. The molecule has 1 aliphatic heterocycles. The van der Waals surface area contributed by atoms with Crippen LogP contribution in [0.3, 0.4) is 0 Å². The van der Waals surface area contributed by atoms with E-state index in [1.54, 1.807) is 6.07 Å². The van der Waals surface area contributed by atoms with Crippen LogP contribution in [-0.4, -0.2) is 57.0 Å². The second-order valence-corrected chi connectivity index (χ2v) is 13.6. The summed E-state index contributed by atoms with van der Waals surface area (Å²) in [6.07, 6.45) is 1.01. The van der Waals surface area contributed by atoms with Crippen LogP contribution in [0.15, 0.2) is 77.7 Å². The Hall–Kier alpha value is -3.35. The zero-order valence-electron chi connectivity index (χ0n) is 21.0. The number of piperidine rings is 1. The lowest BCUT2D eigenvalue weighted by molar-refractivity contribution is 0.454. The molecule has 5 rings (SSSR count). The average Bonchev–Trinajstić information content (AvgIpc) is 3.26. The van der Waals surface area contributed by atoms with Gasteiger partial charge in [-0.2, -0.15) is 0 Å². The number of fused-ring (bicyclic) bond motifs is 1. The molecule has 1 N–H and O–H groups in total. The number of para-hydroxylation sites is 2. The molecule has 206 valence electrons. The molecule has 0 unspecified atom stereocenters. The number of aromatic nitrogens is 2. The molecule has 1 aliphatic rings. The highest BCUT2D eigenvalue weighted by Crippen LogP contribution is 2.27. The summed E-state index contributed by atoms with van der Waals surface area (Å²) in [6, 6.07) is 18.1. The molecule has 2 heterocycles. The van der Waals surface area contributed by atoms with E-state index in [2.05, 4.69) is 9.62 Å². The summed E-state index contributed by atoms with van der Waals surface area (Å²) in [7, 11) is -7.73. The van der Waals surface area contributed by atoms with Gasteiger partial charge in [0, 0.05) is 19.1 Å². The van der Waals surface area contributed by atoms with Gasteiger partial charge in [-0.25, -0.2) is 35.3 Å². The van der Waals surface area contributed by atoms with E-state index in [1.807, 2.05) is 34.9 Å². The minimum absolute atomic E-state index is 0.117. The Morgan fingerprint density at radius 2 is 1.56 bits per heavy atom. The van der Waals surface area contributed by atoms with E-state index in [-0.39, 0.29) is 16.8 Å². The Balaban J connectivity index is 1.24. The predicted molar refractivity (Wildman–Crippen MR) is 146 cm³/mol. The van der Waals surface area contributed by atoms with Gasteiger partial charge in [0.25, 0.3) is 0 Å². The molecule has 1 aromatic heterocycles. The van der Waals surface area contributed by atoms with Crippen LogP contribution in [0.1, 0.15) is 18.4 Å². The number of sulfonamides is 1. The predicted octanol–water partition coefficient (Wildman–Crippen LogP) is 3.72. The fraction of sp³-hybridized carbons (Fsp3) is 0.296. The summed E-state index contributed by atoms with van der Waals surface area (Å²) in [6.45, 7) is 1.50.